The summed E-state index contributed by atoms with van der Waals surface area (Å²) < 4.78 is 5.16. The molecule has 1 aliphatic rings. The van der Waals surface area contributed by atoms with Crippen LogP contribution in [-0.4, -0.2) is 46.9 Å². The topological polar surface area (TPSA) is 78.9 Å². The molecule has 2 amide bonds. The van der Waals surface area contributed by atoms with Gasteiger partial charge in [-0.05, 0) is 33.1 Å². The number of carboxylic acid groups (broad SMARTS) is 1. The van der Waals surface area contributed by atoms with E-state index in [2.05, 4.69) is 5.32 Å². The fraction of sp³-hybridized carbons (Fsp3) is 0.833. The van der Waals surface area contributed by atoms with Gasteiger partial charge in [0.1, 0.15) is 5.60 Å². The van der Waals surface area contributed by atoms with Crippen molar-refractivity contribution < 1.29 is 19.4 Å². The molecule has 0 aromatic rings. The highest BCUT2D eigenvalue weighted by atomic mass is 16.6. The third kappa shape index (κ3) is 4.81. The summed E-state index contributed by atoms with van der Waals surface area (Å²) in [5.74, 6) is 0.231. The molecule has 2 unspecified atom stereocenters. The lowest BCUT2D eigenvalue weighted by atomic mass is 9.96. The molecule has 0 aromatic carbocycles. The van der Waals surface area contributed by atoms with Crippen LogP contribution in [0.3, 0.4) is 0 Å². The summed E-state index contributed by atoms with van der Waals surface area (Å²) in [5.41, 5.74) is -0.545. The Morgan fingerprint density at radius 3 is 2.44 bits per heavy atom. The monoisotopic (exact) mass is 258 g/mol. The van der Waals surface area contributed by atoms with Crippen molar-refractivity contribution >= 4 is 12.2 Å². The number of carbonyl (C=O) groups is 2. The van der Waals surface area contributed by atoms with Crippen molar-refractivity contribution in [3.05, 3.63) is 0 Å². The quantitative estimate of drug-likeness (QED) is 0.753. The van der Waals surface area contributed by atoms with E-state index in [1.807, 2.05) is 6.92 Å². The molecule has 0 aliphatic carbocycles. The molecule has 1 fully saturated rings. The van der Waals surface area contributed by atoms with Gasteiger partial charge in [-0.2, -0.15) is 0 Å². The number of rotatable bonds is 1. The van der Waals surface area contributed by atoms with E-state index >= 15 is 0 Å². The van der Waals surface area contributed by atoms with Gasteiger partial charge in [0.2, 0.25) is 0 Å². The van der Waals surface area contributed by atoms with Gasteiger partial charge < -0.3 is 20.1 Å². The van der Waals surface area contributed by atoms with E-state index < -0.39 is 17.8 Å². The van der Waals surface area contributed by atoms with Crippen molar-refractivity contribution in [3.8, 4) is 0 Å². The van der Waals surface area contributed by atoms with E-state index in [1.165, 1.54) is 4.90 Å². The van der Waals surface area contributed by atoms with Crippen molar-refractivity contribution in [1.29, 1.82) is 0 Å². The molecule has 104 valence electrons. The number of hydrogen-bond acceptors (Lipinski definition) is 3. The smallest absolute Gasteiger partial charge is 0.407 e. The lowest BCUT2D eigenvalue weighted by molar-refractivity contribution is 0.0450. The minimum Gasteiger partial charge on any atom is -0.465 e. The number of piperidine rings is 1. The maximum absolute atomic E-state index is 11.6. The van der Waals surface area contributed by atoms with Crippen molar-refractivity contribution in [2.45, 2.75) is 45.8 Å². The zero-order chi connectivity index (χ0) is 13.9. The molecule has 0 aromatic heterocycles. The lowest BCUT2D eigenvalue weighted by Gasteiger charge is -2.35. The first-order valence-electron chi connectivity index (χ1n) is 6.15. The molecular weight excluding hydrogens is 236 g/mol. The van der Waals surface area contributed by atoms with Crippen LogP contribution in [0.5, 0.6) is 0 Å². The number of nitrogens with one attached hydrogen (secondary N) is 1. The van der Waals surface area contributed by atoms with Gasteiger partial charge in [0.05, 0.1) is 6.04 Å². The molecule has 18 heavy (non-hydrogen) atoms. The van der Waals surface area contributed by atoms with E-state index in [1.54, 1.807) is 20.8 Å². The van der Waals surface area contributed by atoms with Gasteiger partial charge in [-0.1, -0.05) is 6.92 Å². The molecule has 1 heterocycles. The average molecular weight is 258 g/mol. The molecule has 1 aliphatic heterocycles. The maximum Gasteiger partial charge on any atom is 0.407 e. The first-order valence-corrected chi connectivity index (χ1v) is 6.15. The van der Waals surface area contributed by atoms with Crippen LogP contribution in [0.25, 0.3) is 0 Å². The van der Waals surface area contributed by atoms with Crippen LogP contribution in [0.15, 0.2) is 0 Å². The predicted molar refractivity (Wildman–Crippen MR) is 66.5 cm³/mol. The number of nitrogens with zero attached hydrogens (tertiary/aromatic N) is 1. The number of alkyl carbamates (subject to hydrolysis) is 1. The first-order chi connectivity index (χ1) is 8.17. The number of amides is 2. The van der Waals surface area contributed by atoms with Crippen molar-refractivity contribution in [2.75, 3.05) is 13.1 Å². The Balaban J connectivity index is 2.51. The SMILES string of the molecule is CC1CC(NC(=O)OC(C)(C)C)CN(C(=O)O)C1. The van der Waals surface area contributed by atoms with Crippen LogP contribution in [0.1, 0.15) is 34.1 Å². The van der Waals surface area contributed by atoms with Gasteiger partial charge in [0, 0.05) is 13.1 Å². The van der Waals surface area contributed by atoms with Gasteiger partial charge in [-0.3, -0.25) is 0 Å². The molecule has 1 saturated heterocycles. The number of carbonyl (C=O) groups excluding carboxylic acids is 1. The van der Waals surface area contributed by atoms with Crippen LogP contribution >= 0.6 is 0 Å². The Kier molecular flexibility index (Phi) is 4.43. The third-order valence-corrected chi connectivity index (χ3v) is 2.65. The van der Waals surface area contributed by atoms with Crippen LogP contribution in [0.4, 0.5) is 9.59 Å². The summed E-state index contributed by atoms with van der Waals surface area (Å²) in [4.78, 5) is 23.9. The summed E-state index contributed by atoms with van der Waals surface area (Å²) in [6, 6.07) is -0.181. The Bertz CT molecular complexity index is 325. The number of hydrogen-bond donors (Lipinski definition) is 2. The van der Waals surface area contributed by atoms with Crippen LogP contribution in [0, 0.1) is 5.92 Å². The molecule has 1 rings (SSSR count). The summed E-state index contributed by atoms with van der Waals surface area (Å²) in [6.07, 6.45) is -0.673. The molecule has 6 nitrogen and oxygen atoms in total. The Morgan fingerprint density at radius 2 is 1.94 bits per heavy atom. The van der Waals surface area contributed by atoms with Crippen LogP contribution < -0.4 is 5.32 Å². The molecule has 0 saturated carbocycles. The average Bonchev–Trinajstić information content (AvgIpc) is 2.12. The van der Waals surface area contributed by atoms with Gasteiger partial charge in [0.15, 0.2) is 0 Å². The van der Waals surface area contributed by atoms with Crippen molar-refractivity contribution in [1.82, 2.24) is 10.2 Å². The minimum atomic E-state index is -0.947. The zero-order valence-corrected chi connectivity index (χ0v) is 11.4. The molecule has 6 heteroatoms. The molecule has 0 spiro atoms. The molecule has 2 atom stereocenters. The fourth-order valence-electron chi connectivity index (χ4n) is 2.09. The van der Waals surface area contributed by atoms with Gasteiger partial charge in [0.25, 0.3) is 0 Å². The molecule has 0 radical (unpaired) electrons. The molecular formula is C12H22N2O4. The van der Waals surface area contributed by atoms with E-state index in [-0.39, 0.29) is 12.0 Å². The highest BCUT2D eigenvalue weighted by Crippen LogP contribution is 2.17. The number of ether oxygens (including phenoxy) is 1. The molecule has 0 bridgehead atoms. The van der Waals surface area contributed by atoms with Crippen LogP contribution in [0.2, 0.25) is 0 Å². The minimum absolute atomic E-state index is 0.181. The highest BCUT2D eigenvalue weighted by Gasteiger charge is 2.29. The fourth-order valence-corrected chi connectivity index (χ4v) is 2.09. The van der Waals surface area contributed by atoms with E-state index in [0.29, 0.717) is 13.1 Å². The third-order valence-electron chi connectivity index (χ3n) is 2.65. The summed E-state index contributed by atoms with van der Waals surface area (Å²) >= 11 is 0. The van der Waals surface area contributed by atoms with Gasteiger partial charge in [-0.15, -0.1) is 0 Å². The maximum atomic E-state index is 11.6. The van der Waals surface area contributed by atoms with Crippen molar-refractivity contribution in [2.24, 2.45) is 5.92 Å². The second-order valence-electron chi connectivity index (χ2n) is 5.87. The first kappa shape index (κ1) is 14.6. The normalized spacial score (nSPS) is 24.6. The van der Waals surface area contributed by atoms with Crippen molar-refractivity contribution in [3.63, 3.8) is 0 Å². The van der Waals surface area contributed by atoms with E-state index in [0.717, 1.165) is 6.42 Å². The van der Waals surface area contributed by atoms with E-state index in [4.69, 9.17) is 9.84 Å². The zero-order valence-electron chi connectivity index (χ0n) is 11.4. The largest absolute Gasteiger partial charge is 0.465 e. The Hall–Kier alpha value is -1.46. The predicted octanol–water partition coefficient (Wildman–Crippen LogP) is 1.90. The van der Waals surface area contributed by atoms with Gasteiger partial charge in [-0.25, -0.2) is 9.59 Å². The van der Waals surface area contributed by atoms with E-state index in [9.17, 15) is 9.59 Å². The Labute approximate surface area is 107 Å². The summed E-state index contributed by atoms with van der Waals surface area (Å²) in [5, 5.41) is 11.7. The standard InChI is InChI=1S/C12H22N2O4/c1-8-5-9(7-14(6-8)11(16)17)13-10(15)18-12(2,3)4/h8-9H,5-7H2,1-4H3,(H,13,15)(H,16,17). The summed E-state index contributed by atoms with van der Waals surface area (Å²) in [6.45, 7) is 8.18. The van der Waals surface area contributed by atoms with Crippen LogP contribution in [-0.2, 0) is 4.74 Å². The second-order valence-corrected chi connectivity index (χ2v) is 5.87. The second kappa shape index (κ2) is 5.46. The Morgan fingerprint density at radius 1 is 1.33 bits per heavy atom. The summed E-state index contributed by atoms with van der Waals surface area (Å²) in [7, 11) is 0. The number of likely N-dealkylation sites (tertiary alicyclic amines) is 1. The highest BCUT2D eigenvalue weighted by molar-refractivity contribution is 5.69. The lowest BCUT2D eigenvalue weighted by Crippen LogP contribution is -2.52. The molecule has 2 N–H and O–H groups in total. The van der Waals surface area contributed by atoms with Gasteiger partial charge >= 0.3 is 12.2 Å².